The molecule has 2 aromatic rings. The second-order valence-electron chi connectivity index (χ2n) is 6.45. The Morgan fingerprint density at radius 2 is 1.88 bits per heavy atom. The molecule has 1 aliphatic heterocycles. The minimum absolute atomic E-state index is 0.736. The third kappa shape index (κ3) is 4.40. The molecular weight excluding hydrogens is 322 g/mol. The molecule has 0 N–H and O–H groups in total. The molecule has 1 aromatic heterocycles. The van der Waals surface area contributed by atoms with Crippen molar-refractivity contribution in [3.8, 4) is 6.07 Å². The number of piperazine rings is 1. The highest BCUT2D eigenvalue weighted by Gasteiger charge is 2.20. The molecule has 0 spiro atoms. The SMILES string of the molecule is CCCC/C=C/c1cncc(N2CCN(c3ccccc3C#N)CC2)n1. The smallest absolute Gasteiger partial charge is 0.147 e. The average molecular weight is 347 g/mol. The molecule has 0 saturated carbocycles. The molecule has 0 bridgehead atoms. The van der Waals surface area contributed by atoms with Crippen LogP contribution in [-0.2, 0) is 0 Å². The largest absolute Gasteiger partial charge is 0.367 e. The number of aromatic nitrogens is 2. The highest BCUT2D eigenvalue weighted by Crippen LogP contribution is 2.22. The fourth-order valence-corrected chi connectivity index (χ4v) is 3.15. The van der Waals surface area contributed by atoms with Crippen LogP contribution < -0.4 is 9.80 Å². The van der Waals surface area contributed by atoms with Crippen molar-refractivity contribution in [2.75, 3.05) is 36.0 Å². The summed E-state index contributed by atoms with van der Waals surface area (Å²) in [7, 11) is 0. The van der Waals surface area contributed by atoms with Gasteiger partial charge < -0.3 is 9.80 Å². The maximum Gasteiger partial charge on any atom is 0.147 e. The van der Waals surface area contributed by atoms with E-state index in [4.69, 9.17) is 4.98 Å². The van der Waals surface area contributed by atoms with Gasteiger partial charge in [-0.3, -0.25) is 4.98 Å². The first-order valence-corrected chi connectivity index (χ1v) is 9.29. The van der Waals surface area contributed by atoms with Gasteiger partial charge in [0.25, 0.3) is 0 Å². The summed E-state index contributed by atoms with van der Waals surface area (Å²) >= 11 is 0. The average Bonchev–Trinajstić information content (AvgIpc) is 2.71. The van der Waals surface area contributed by atoms with Gasteiger partial charge in [-0.25, -0.2) is 4.98 Å². The van der Waals surface area contributed by atoms with E-state index in [0.717, 1.165) is 55.4 Å². The van der Waals surface area contributed by atoms with Crippen molar-refractivity contribution < 1.29 is 0 Å². The lowest BCUT2D eigenvalue weighted by molar-refractivity contribution is 0.645. The van der Waals surface area contributed by atoms with Gasteiger partial charge in [-0.05, 0) is 24.6 Å². The Bertz CT molecular complexity index is 785. The fraction of sp³-hybridized carbons (Fsp3) is 0.381. The van der Waals surface area contributed by atoms with Crippen LogP contribution in [0.25, 0.3) is 6.08 Å². The minimum atomic E-state index is 0.736. The first-order valence-electron chi connectivity index (χ1n) is 9.29. The van der Waals surface area contributed by atoms with Crippen LogP contribution in [0, 0.1) is 11.3 Å². The van der Waals surface area contributed by atoms with Crippen molar-refractivity contribution in [2.45, 2.75) is 26.2 Å². The van der Waals surface area contributed by atoms with Crippen LogP contribution in [0.4, 0.5) is 11.5 Å². The van der Waals surface area contributed by atoms with Crippen LogP contribution in [0.2, 0.25) is 0 Å². The zero-order chi connectivity index (χ0) is 18.2. The molecule has 3 rings (SSSR count). The molecule has 1 aliphatic rings. The quantitative estimate of drug-likeness (QED) is 0.742. The Kier molecular flexibility index (Phi) is 6.21. The normalized spacial score (nSPS) is 14.6. The summed E-state index contributed by atoms with van der Waals surface area (Å²) in [6.07, 6.45) is 11.4. The fourth-order valence-electron chi connectivity index (χ4n) is 3.15. The number of benzene rings is 1. The van der Waals surface area contributed by atoms with E-state index in [-0.39, 0.29) is 0 Å². The topological polar surface area (TPSA) is 56.1 Å². The Morgan fingerprint density at radius 3 is 2.65 bits per heavy atom. The second kappa shape index (κ2) is 9.00. The highest BCUT2D eigenvalue weighted by atomic mass is 15.3. The van der Waals surface area contributed by atoms with Crippen LogP contribution in [0.1, 0.15) is 37.4 Å². The molecule has 0 unspecified atom stereocenters. The lowest BCUT2D eigenvalue weighted by atomic mass is 10.1. The molecule has 0 aliphatic carbocycles. The minimum Gasteiger partial charge on any atom is -0.367 e. The van der Waals surface area contributed by atoms with Crippen molar-refractivity contribution in [3.63, 3.8) is 0 Å². The number of hydrogen-bond donors (Lipinski definition) is 0. The van der Waals surface area contributed by atoms with Crippen LogP contribution in [0.5, 0.6) is 0 Å². The van der Waals surface area contributed by atoms with Gasteiger partial charge in [0.05, 0.1) is 29.3 Å². The number of anilines is 2. The molecule has 0 atom stereocenters. The summed E-state index contributed by atoms with van der Waals surface area (Å²) in [6.45, 7) is 5.69. The predicted molar refractivity (Wildman–Crippen MR) is 106 cm³/mol. The van der Waals surface area contributed by atoms with Gasteiger partial charge in [0.1, 0.15) is 11.9 Å². The monoisotopic (exact) mass is 347 g/mol. The molecule has 0 amide bonds. The van der Waals surface area contributed by atoms with Crippen molar-refractivity contribution in [2.24, 2.45) is 0 Å². The van der Waals surface area contributed by atoms with Gasteiger partial charge in [-0.15, -0.1) is 0 Å². The van der Waals surface area contributed by atoms with Gasteiger partial charge in [-0.2, -0.15) is 5.26 Å². The highest BCUT2D eigenvalue weighted by molar-refractivity contribution is 5.60. The molecule has 2 heterocycles. The van der Waals surface area contributed by atoms with E-state index < -0.39 is 0 Å². The molecule has 26 heavy (non-hydrogen) atoms. The van der Waals surface area contributed by atoms with E-state index in [0.29, 0.717) is 0 Å². The summed E-state index contributed by atoms with van der Waals surface area (Å²) in [5.74, 6) is 0.927. The van der Waals surface area contributed by atoms with Crippen LogP contribution >= 0.6 is 0 Å². The third-order valence-corrected chi connectivity index (χ3v) is 4.62. The van der Waals surface area contributed by atoms with E-state index in [1.807, 2.05) is 36.7 Å². The van der Waals surface area contributed by atoms with Crippen molar-refractivity contribution >= 4 is 17.6 Å². The Labute approximate surface area is 155 Å². The molecular formula is C21H25N5. The standard InChI is InChI=1S/C21H25N5/c1-2-3-4-5-9-19-16-23-17-21(24-19)26-13-11-25(12-14-26)20-10-7-6-8-18(20)15-22/h5-10,16-17H,2-4,11-14H2,1H3/b9-5+. The molecule has 5 nitrogen and oxygen atoms in total. The molecule has 1 fully saturated rings. The first kappa shape index (κ1) is 17.9. The van der Waals surface area contributed by atoms with Crippen LogP contribution in [0.15, 0.2) is 42.7 Å². The van der Waals surface area contributed by atoms with Gasteiger partial charge in [0, 0.05) is 26.2 Å². The third-order valence-electron chi connectivity index (χ3n) is 4.62. The van der Waals surface area contributed by atoms with E-state index in [1.165, 1.54) is 12.8 Å². The van der Waals surface area contributed by atoms with Gasteiger partial charge in [-0.1, -0.05) is 38.0 Å². The maximum atomic E-state index is 9.30. The van der Waals surface area contributed by atoms with E-state index in [9.17, 15) is 5.26 Å². The second-order valence-corrected chi connectivity index (χ2v) is 6.45. The predicted octanol–water partition coefficient (Wildman–Crippen LogP) is 3.88. The Morgan fingerprint density at radius 1 is 1.12 bits per heavy atom. The molecule has 5 heteroatoms. The molecule has 134 valence electrons. The number of hydrogen-bond acceptors (Lipinski definition) is 5. The van der Waals surface area contributed by atoms with Gasteiger partial charge in [0.2, 0.25) is 0 Å². The summed E-state index contributed by atoms with van der Waals surface area (Å²) in [6, 6.07) is 10.1. The zero-order valence-corrected chi connectivity index (χ0v) is 15.3. The lowest BCUT2D eigenvalue weighted by Crippen LogP contribution is -2.47. The van der Waals surface area contributed by atoms with Gasteiger partial charge >= 0.3 is 0 Å². The van der Waals surface area contributed by atoms with E-state index in [2.05, 4.69) is 39.9 Å². The van der Waals surface area contributed by atoms with Crippen molar-refractivity contribution in [3.05, 3.63) is 54.0 Å². The summed E-state index contributed by atoms with van der Waals surface area (Å²) in [5.41, 5.74) is 2.67. The number of unbranched alkanes of at least 4 members (excludes halogenated alkanes) is 2. The first-order chi connectivity index (χ1) is 12.8. The summed E-state index contributed by atoms with van der Waals surface area (Å²) in [5, 5.41) is 9.30. The Balaban J connectivity index is 1.63. The summed E-state index contributed by atoms with van der Waals surface area (Å²) < 4.78 is 0. The van der Waals surface area contributed by atoms with Crippen LogP contribution in [-0.4, -0.2) is 36.1 Å². The van der Waals surface area contributed by atoms with E-state index in [1.54, 1.807) is 0 Å². The number of nitrogens with zero attached hydrogens (tertiary/aromatic N) is 5. The number of allylic oxidation sites excluding steroid dienone is 1. The van der Waals surface area contributed by atoms with E-state index >= 15 is 0 Å². The Hall–Kier alpha value is -2.87. The van der Waals surface area contributed by atoms with Crippen molar-refractivity contribution in [1.82, 2.24) is 9.97 Å². The summed E-state index contributed by atoms with van der Waals surface area (Å²) in [4.78, 5) is 13.6. The van der Waals surface area contributed by atoms with Crippen LogP contribution in [0.3, 0.4) is 0 Å². The van der Waals surface area contributed by atoms with Crippen molar-refractivity contribution in [1.29, 1.82) is 5.26 Å². The zero-order valence-electron chi connectivity index (χ0n) is 15.3. The lowest BCUT2D eigenvalue weighted by Gasteiger charge is -2.37. The number of nitriles is 1. The molecule has 1 saturated heterocycles. The number of para-hydroxylation sites is 1. The molecule has 0 radical (unpaired) electrons. The van der Waals surface area contributed by atoms with Gasteiger partial charge in [0.15, 0.2) is 0 Å². The number of rotatable bonds is 6. The molecule has 1 aromatic carbocycles. The maximum absolute atomic E-state index is 9.30.